The molecule has 0 radical (unpaired) electrons. The van der Waals surface area contributed by atoms with Crippen molar-refractivity contribution in [2.24, 2.45) is 0 Å². The van der Waals surface area contributed by atoms with E-state index < -0.39 is 5.97 Å². The molecule has 1 aromatic heterocycles. The maximum absolute atomic E-state index is 12.8. The first-order valence-corrected chi connectivity index (χ1v) is 9.11. The lowest BCUT2D eigenvalue weighted by atomic mass is 10.1. The zero-order valence-electron chi connectivity index (χ0n) is 15.3. The Morgan fingerprint density at radius 1 is 0.966 bits per heavy atom. The minimum absolute atomic E-state index is 0.181. The van der Waals surface area contributed by atoms with Gasteiger partial charge in [-0.05, 0) is 48.0 Å². The number of rotatable bonds is 4. The normalized spacial score (nSPS) is 10.7. The number of esters is 1. The molecule has 0 N–H and O–H groups in total. The number of halogens is 1. The summed E-state index contributed by atoms with van der Waals surface area (Å²) in [4.78, 5) is 25.2. The quantitative estimate of drug-likeness (QED) is 0.338. The van der Waals surface area contributed by atoms with Crippen molar-refractivity contribution in [2.45, 2.75) is 0 Å². The molecule has 0 aliphatic rings. The topological polar surface area (TPSA) is 65.7 Å². The monoisotopic (exact) mass is 406 g/mol. The third kappa shape index (κ3) is 3.86. The van der Waals surface area contributed by atoms with Crippen molar-refractivity contribution in [1.29, 1.82) is 0 Å². The van der Waals surface area contributed by atoms with E-state index in [1.54, 1.807) is 60.7 Å². The second-order valence-electron chi connectivity index (χ2n) is 6.26. The maximum Gasteiger partial charge on any atom is 0.343 e. The highest BCUT2D eigenvalue weighted by Crippen LogP contribution is 2.25. The Labute approximate surface area is 171 Å². The second-order valence-corrected chi connectivity index (χ2v) is 6.70. The molecule has 5 nitrogen and oxygen atoms in total. The number of fused-ring (bicyclic) bond motifs is 1. The molecule has 29 heavy (non-hydrogen) atoms. The molecule has 0 saturated carbocycles. The van der Waals surface area contributed by atoms with Crippen LogP contribution in [0.3, 0.4) is 0 Å². The standard InChI is InChI=1S/C23H15ClO5/c1-27-17-4-2-3-15(11-17)23(26)29-18-9-10-19-21(12-18)28-13-20(22(19)25)14-5-7-16(24)8-6-14/h2-13H,1H3. The Kier molecular flexibility index (Phi) is 5.06. The van der Waals surface area contributed by atoms with Gasteiger partial charge >= 0.3 is 5.97 Å². The summed E-state index contributed by atoms with van der Waals surface area (Å²) in [5, 5.41) is 0.972. The molecule has 0 aliphatic heterocycles. The zero-order chi connectivity index (χ0) is 20.4. The average Bonchev–Trinajstić information content (AvgIpc) is 2.75. The Bertz CT molecular complexity index is 1260. The zero-order valence-corrected chi connectivity index (χ0v) is 16.1. The van der Waals surface area contributed by atoms with E-state index in [1.165, 1.54) is 19.4 Å². The van der Waals surface area contributed by atoms with Gasteiger partial charge in [0.2, 0.25) is 0 Å². The number of methoxy groups -OCH3 is 1. The van der Waals surface area contributed by atoms with Crippen LogP contribution >= 0.6 is 11.6 Å². The predicted octanol–water partition coefficient (Wildman–Crippen LogP) is 5.34. The van der Waals surface area contributed by atoms with Gasteiger partial charge in [0.15, 0.2) is 5.43 Å². The van der Waals surface area contributed by atoms with Gasteiger partial charge in [0.1, 0.15) is 23.3 Å². The van der Waals surface area contributed by atoms with Gasteiger partial charge in [0.25, 0.3) is 0 Å². The van der Waals surface area contributed by atoms with Crippen molar-refractivity contribution in [2.75, 3.05) is 7.11 Å². The number of carbonyl (C=O) groups excluding carboxylic acids is 1. The van der Waals surface area contributed by atoms with Crippen LogP contribution in [-0.4, -0.2) is 13.1 Å². The molecular weight excluding hydrogens is 392 g/mol. The highest BCUT2D eigenvalue weighted by molar-refractivity contribution is 6.30. The minimum Gasteiger partial charge on any atom is -0.497 e. The highest BCUT2D eigenvalue weighted by Gasteiger charge is 2.13. The van der Waals surface area contributed by atoms with E-state index in [9.17, 15) is 9.59 Å². The molecule has 4 rings (SSSR count). The predicted molar refractivity (Wildman–Crippen MR) is 111 cm³/mol. The molecule has 0 fully saturated rings. The third-order valence-corrected chi connectivity index (χ3v) is 4.67. The first-order chi connectivity index (χ1) is 14.0. The summed E-state index contributed by atoms with van der Waals surface area (Å²) in [6.07, 6.45) is 1.39. The molecule has 0 atom stereocenters. The van der Waals surface area contributed by atoms with E-state index in [-0.39, 0.29) is 11.2 Å². The summed E-state index contributed by atoms with van der Waals surface area (Å²) in [7, 11) is 1.52. The highest BCUT2D eigenvalue weighted by atomic mass is 35.5. The number of hydrogen-bond acceptors (Lipinski definition) is 5. The van der Waals surface area contributed by atoms with Crippen LogP contribution in [0.1, 0.15) is 10.4 Å². The number of carbonyl (C=O) groups is 1. The van der Waals surface area contributed by atoms with E-state index in [1.807, 2.05) is 0 Å². The van der Waals surface area contributed by atoms with Crippen molar-refractivity contribution in [3.63, 3.8) is 0 Å². The van der Waals surface area contributed by atoms with Crippen molar-refractivity contribution >= 4 is 28.5 Å². The molecule has 0 amide bonds. The molecule has 0 aliphatic carbocycles. The van der Waals surface area contributed by atoms with Crippen molar-refractivity contribution < 1.29 is 18.7 Å². The molecule has 3 aromatic carbocycles. The van der Waals surface area contributed by atoms with Gasteiger partial charge < -0.3 is 13.9 Å². The van der Waals surface area contributed by atoms with E-state index in [4.69, 9.17) is 25.5 Å². The Hall–Kier alpha value is -3.57. The lowest BCUT2D eigenvalue weighted by Crippen LogP contribution is -2.09. The van der Waals surface area contributed by atoms with Crippen LogP contribution in [0.2, 0.25) is 5.02 Å². The number of ether oxygens (including phenoxy) is 2. The van der Waals surface area contributed by atoms with Crippen molar-refractivity contribution in [3.05, 3.63) is 93.8 Å². The van der Waals surface area contributed by atoms with Gasteiger partial charge in [-0.15, -0.1) is 0 Å². The number of hydrogen-bond donors (Lipinski definition) is 0. The van der Waals surface area contributed by atoms with E-state index in [0.717, 1.165) is 0 Å². The van der Waals surface area contributed by atoms with Gasteiger partial charge in [-0.3, -0.25) is 4.79 Å². The summed E-state index contributed by atoms with van der Waals surface area (Å²) in [5.74, 6) is 0.287. The fraction of sp³-hybridized carbons (Fsp3) is 0.0435. The van der Waals surface area contributed by atoms with Crippen LogP contribution in [0.4, 0.5) is 0 Å². The molecular formula is C23H15ClO5. The molecule has 6 heteroatoms. The van der Waals surface area contributed by atoms with Crippen LogP contribution in [0, 0.1) is 0 Å². The van der Waals surface area contributed by atoms with Gasteiger partial charge in [-0.25, -0.2) is 4.79 Å². The molecule has 0 bridgehead atoms. The summed E-state index contributed by atoms with van der Waals surface area (Å²) < 4.78 is 16.1. The van der Waals surface area contributed by atoms with Gasteiger partial charge in [-0.1, -0.05) is 29.8 Å². The van der Waals surface area contributed by atoms with Crippen LogP contribution in [0.15, 0.2) is 82.2 Å². The van der Waals surface area contributed by atoms with Crippen LogP contribution in [-0.2, 0) is 0 Å². The lowest BCUT2D eigenvalue weighted by molar-refractivity contribution is 0.0734. The SMILES string of the molecule is COc1cccc(C(=O)Oc2ccc3c(=O)c(-c4ccc(Cl)cc4)coc3c2)c1. The lowest BCUT2D eigenvalue weighted by Gasteiger charge is -2.07. The molecule has 0 unspecified atom stereocenters. The Balaban J connectivity index is 1.64. The average molecular weight is 407 g/mol. The van der Waals surface area contributed by atoms with Crippen LogP contribution in [0.5, 0.6) is 11.5 Å². The largest absolute Gasteiger partial charge is 0.497 e. The van der Waals surface area contributed by atoms with Crippen molar-refractivity contribution in [3.8, 4) is 22.6 Å². The maximum atomic E-state index is 12.8. The van der Waals surface area contributed by atoms with Crippen molar-refractivity contribution in [1.82, 2.24) is 0 Å². The first kappa shape index (κ1) is 18.8. The Morgan fingerprint density at radius 3 is 2.52 bits per heavy atom. The third-order valence-electron chi connectivity index (χ3n) is 4.42. The fourth-order valence-electron chi connectivity index (χ4n) is 2.92. The van der Waals surface area contributed by atoms with Crippen LogP contribution < -0.4 is 14.9 Å². The smallest absolute Gasteiger partial charge is 0.343 e. The molecule has 0 saturated heterocycles. The second kappa shape index (κ2) is 7.81. The minimum atomic E-state index is -0.539. The molecule has 1 heterocycles. The molecule has 4 aromatic rings. The molecule has 144 valence electrons. The first-order valence-electron chi connectivity index (χ1n) is 8.73. The van der Waals surface area contributed by atoms with Crippen LogP contribution in [0.25, 0.3) is 22.1 Å². The summed E-state index contributed by atoms with van der Waals surface area (Å²) >= 11 is 5.90. The van der Waals surface area contributed by atoms with E-state index in [0.29, 0.717) is 38.4 Å². The summed E-state index contributed by atoms with van der Waals surface area (Å²) in [6.45, 7) is 0. The van der Waals surface area contributed by atoms with Gasteiger partial charge in [-0.2, -0.15) is 0 Å². The number of benzene rings is 3. The summed E-state index contributed by atoms with van der Waals surface area (Å²) in [6, 6.07) is 18.2. The summed E-state index contributed by atoms with van der Waals surface area (Å²) in [5.41, 5.74) is 1.63. The Morgan fingerprint density at radius 2 is 1.76 bits per heavy atom. The van der Waals surface area contributed by atoms with E-state index >= 15 is 0 Å². The van der Waals surface area contributed by atoms with Gasteiger partial charge in [0, 0.05) is 11.1 Å². The van der Waals surface area contributed by atoms with Gasteiger partial charge in [0.05, 0.1) is 23.6 Å². The molecule has 0 spiro atoms. The van der Waals surface area contributed by atoms with E-state index in [2.05, 4.69) is 0 Å². The fourth-order valence-corrected chi connectivity index (χ4v) is 3.04.